The van der Waals surface area contributed by atoms with Gasteiger partial charge in [0.2, 0.25) is 5.75 Å². The number of aromatic hydroxyl groups is 1. The largest absolute Gasteiger partial charge is 0.504 e. The monoisotopic (exact) mass is 358 g/mol. The van der Waals surface area contributed by atoms with Crippen LogP contribution in [-0.2, 0) is 4.79 Å². The zero-order valence-corrected chi connectivity index (χ0v) is 14.3. The number of carbonyl (C=O) groups is 1. The lowest BCUT2D eigenvalue weighted by Gasteiger charge is -2.21. The fourth-order valence-corrected chi connectivity index (χ4v) is 4.11. The van der Waals surface area contributed by atoms with Crippen LogP contribution in [0, 0.1) is 10.1 Å². The summed E-state index contributed by atoms with van der Waals surface area (Å²) in [5.41, 5.74) is -0.286. The Morgan fingerprint density at radius 2 is 2.04 bits per heavy atom. The SMILES string of the molecule is COc1cc([N+](=O)[O-])c(OC)c(C2NC(C(=O)O)C(C)(C)S2)c1O. The number of hydrogen-bond acceptors (Lipinski definition) is 8. The van der Waals surface area contributed by atoms with Crippen molar-refractivity contribution in [3.05, 3.63) is 21.7 Å². The summed E-state index contributed by atoms with van der Waals surface area (Å²) in [6.45, 7) is 3.48. The maximum absolute atomic E-state index is 11.4. The minimum Gasteiger partial charge on any atom is -0.504 e. The van der Waals surface area contributed by atoms with E-state index in [4.69, 9.17) is 9.47 Å². The summed E-state index contributed by atoms with van der Waals surface area (Å²) in [5.74, 6) is -1.60. The first-order chi connectivity index (χ1) is 11.1. The first kappa shape index (κ1) is 18.1. The lowest BCUT2D eigenvalue weighted by Crippen LogP contribution is -2.43. The second-order valence-electron chi connectivity index (χ2n) is 5.69. The minimum absolute atomic E-state index is 0.0866. The van der Waals surface area contributed by atoms with Crippen molar-refractivity contribution >= 4 is 23.4 Å². The molecule has 0 amide bonds. The topological polar surface area (TPSA) is 131 Å². The highest BCUT2D eigenvalue weighted by Gasteiger charge is 2.48. The van der Waals surface area contributed by atoms with Gasteiger partial charge in [0.25, 0.3) is 0 Å². The fraction of sp³-hybridized carbons (Fsp3) is 0.500. The van der Waals surface area contributed by atoms with E-state index in [1.165, 1.54) is 26.0 Å². The van der Waals surface area contributed by atoms with Gasteiger partial charge in [-0.3, -0.25) is 20.2 Å². The molecule has 24 heavy (non-hydrogen) atoms. The number of rotatable bonds is 5. The number of hydrogen-bond donors (Lipinski definition) is 3. The van der Waals surface area contributed by atoms with E-state index in [0.717, 1.165) is 6.07 Å². The molecule has 1 saturated heterocycles. The van der Waals surface area contributed by atoms with E-state index >= 15 is 0 Å². The molecule has 1 aliphatic heterocycles. The Kier molecular flexibility index (Phi) is 4.81. The van der Waals surface area contributed by atoms with Crippen LogP contribution in [0.4, 0.5) is 5.69 Å². The van der Waals surface area contributed by atoms with Crippen molar-refractivity contribution in [1.82, 2.24) is 5.32 Å². The van der Waals surface area contributed by atoms with E-state index in [0.29, 0.717) is 0 Å². The molecule has 0 aliphatic carbocycles. The third kappa shape index (κ3) is 2.94. The van der Waals surface area contributed by atoms with E-state index in [1.54, 1.807) is 13.8 Å². The van der Waals surface area contributed by atoms with Crippen LogP contribution in [0.2, 0.25) is 0 Å². The molecular weight excluding hydrogens is 340 g/mol. The molecule has 1 aromatic carbocycles. The van der Waals surface area contributed by atoms with Gasteiger partial charge in [0.05, 0.1) is 36.1 Å². The van der Waals surface area contributed by atoms with E-state index in [2.05, 4.69) is 5.32 Å². The number of aliphatic carboxylic acids is 1. The molecule has 132 valence electrons. The number of phenols is 1. The van der Waals surface area contributed by atoms with Crippen molar-refractivity contribution < 1.29 is 29.4 Å². The highest BCUT2D eigenvalue weighted by molar-refractivity contribution is 8.01. The fourth-order valence-electron chi connectivity index (χ4n) is 2.65. The van der Waals surface area contributed by atoms with Gasteiger partial charge >= 0.3 is 11.7 Å². The molecule has 0 spiro atoms. The first-order valence-electron chi connectivity index (χ1n) is 6.93. The number of phenolic OH excluding ortho intramolecular Hbond substituents is 1. The molecule has 3 N–H and O–H groups in total. The summed E-state index contributed by atoms with van der Waals surface area (Å²) in [5, 5.41) is 33.2. The van der Waals surface area contributed by atoms with Gasteiger partial charge in [0, 0.05) is 4.75 Å². The molecular formula is C14H18N2O7S. The van der Waals surface area contributed by atoms with Crippen LogP contribution in [0.3, 0.4) is 0 Å². The molecule has 10 heteroatoms. The normalized spacial score (nSPS) is 22.2. The maximum Gasteiger partial charge on any atom is 0.322 e. The number of benzene rings is 1. The van der Waals surface area contributed by atoms with Gasteiger partial charge in [0.1, 0.15) is 6.04 Å². The van der Waals surface area contributed by atoms with Crippen molar-refractivity contribution in [1.29, 1.82) is 0 Å². The average Bonchev–Trinajstić information content (AvgIpc) is 2.81. The summed E-state index contributed by atoms with van der Waals surface area (Å²) in [4.78, 5) is 22.1. The van der Waals surface area contributed by atoms with Crippen molar-refractivity contribution in [3.63, 3.8) is 0 Å². The summed E-state index contributed by atoms with van der Waals surface area (Å²) < 4.78 is 9.43. The molecule has 0 radical (unpaired) electrons. The third-order valence-electron chi connectivity index (χ3n) is 3.80. The summed E-state index contributed by atoms with van der Waals surface area (Å²) in [6.07, 6.45) is 0. The van der Waals surface area contributed by atoms with Gasteiger partial charge in [0.15, 0.2) is 11.5 Å². The predicted octanol–water partition coefficient (Wildman–Crippen LogP) is 1.88. The average molecular weight is 358 g/mol. The van der Waals surface area contributed by atoms with Crippen LogP contribution in [0.15, 0.2) is 6.07 Å². The molecule has 1 aromatic rings. The van der Waals surface area contributed by atoms with Gasteiger partial charge < -0.3 is 19.7 Å². The Morgan fingerprint density at radius 1 is 1.42 bits per heavy atom. The number of methoxy groups -OCH3 is 2. The Hall–Kier alpha value is -2.20. The van der Waals surface area contributed by atoms with Gasteiger partial charge in [-0.25, -0.2) is 0 Å². The zero-order chi connectivity index (χ0) is 18.2. The number of carboxylic acid groups (broad SMARTS) is 1. The highest BCUT2D eigenvalue weighted by atomic mass is 32.2. The molecule has 2 atom stereocenters. The van der Waals surface area contributed by atoms with E-state index in [-0.39, 0.29) is 28.5 Å². The molecule has 0 bridgehead atoms. The van der Waals surface area contributed by atoms with Gasteiger partial charge in [-0.15, -0.1) is 11.8 Å². The lowest BCUT2D eigenvalue weighted by atomic mass is 10.0. The van der Waals surface area contributed by atoms with E-state index in [9.17, 15) is 25.1 Å². The summed E-state index contributed by atoms with van der Waals surface area (Å²) >= 11 is 1.23. The van der Waals surface area contributed by atoms with Gasteiger partial charge in [-0.05, 0) is 13.8 Å². The first-order valence-corrected chi connectivity index (χ1v) is 7.81. The Labute approximate surface area is 142 Å². The quantitative estimate of drug-likeness (QED) is 0.533. The van der Waals surface area contributed by atoms with Crippen molar-refractivity contribution in [2.24, 2.45) is 0 Å². The number of thioether (sulfide) groups is 1. The molecule has 0 aromatic heterocycles. The second kappa shape index (κ2) is 6.36. The number of carboxylic acids is 1. The zero-order valence-electron chi connectivity index (χ0n) is 13.5. The van der Waals surface area contributed by atoms with Gasteiger partial charge in [-0.1, -0.05) is 0 Å². The summed E-state index contributed by atoms with van der Waals surface area (Å²) in [7, 11) is 2.52. The van der Waals surface area contributed by atoms with E-state index < -0.39 is 27.1 Å². The standard InChI is InChI=1S/C14H18N2O7S/c1-14(2)11(13(18)19)15-12(24-14)8-9(17)7(22-3)5-6(16(20)21)10(8)23-4/h5,11-12,15,17H,1-4H3,(H,18,19). The Balaban J connectivity index is 2.63. The van der Waals surface area contributed by atoms with Crippen molar-refractivity contribution in [3.8, 4) is 17.2 Å². The Morgan fingerprint density at radius 3 is 2.46 bits per heavy atom. The predicted molar refractivity (Wildman–Crippen MR) is 86.8 cm³/mol. The smallest absolute Gasteiger partial charge is 0.322 e. The third-order valence-corrected chi connectivity index (χ3v) is 5.25. The Bertz CT molecular complexity index is 692. The number of nitro benzene ring substituents is 1. The van der Waals surface area contributed by atoms with Crippen LogP contribution < -0.4 is 14.8 Å². The van der Waals surface area contributed by atoms with Crippen LogP contribution in [-0.4, -0.2) is 46.1 Å². The molecule has 1 fully saturated rings. The number of nitrogens with one attached hydrogen (secondary N) is 1. The van der Waals surface area contributed by atoms with Crippen molar-refractivity contribution in [2.75, 3.05) is 14.2 Å². The molecule has 2 unspecified atom stereocenters. The maximum atomic E-state index is 11.4. The van der Waals surface area contributed by atoms with E-state index in [1.807, 2.05) is 0 Å². The molecule has 2 rings (SSSR count). The number of nitrogens with zero attached hydrogens (tertiary/aromatic N) is 1. The second-order valence-corrected chi connectivity index (χ2v) is 7.45. The molecule has 1 heterocycles. The number of ether oxygens (including phenoxy) is 2. The van der Waals surface area contributed by atoms with Crippen LogP contribution >= 0.6 is 11.8 Å². The summed E-state index contributed by atoms with van der Waals surface area (Å²) in [6, 6.07) is 0.166. The highest BCUT2D eigenvalue weighted by Crippen LogP contribution is 2.54. The molecule has 0 saturated carbocycles. The molecule has 1 aliphatic rings. The number of nitro groups is 1. The lowest BCUT2D eigenvalue weighted by molar-refractivity contribution is -0.385. The van der Waals surface area contributed by atoms with Crippen molar-refractivity contribution in [2.45, 2.75) is 30.0 Å². The van der Waals surface area contributed by atoms with Gasteiger partial charge in [-0.2, -0.15) is 0 Å². The minimum atomic E-state index is -1.05. The molecule has 9 nitrogen and oxygen atoms in total. The van der Waals surface area contributed by atoms with Crippen LogP contribution in [0.5, 0.6) is 17.2 Å². The van der Waals surface area contributed by atoms with Crippen LogP contribution in [0.1, 0.15) is 24.8 Å². The van der Waals surface area contributed by atoms with Crippen LogP contribution in [0.25, 0.3) is 0 Å².